The summed E-state index contributed by atoms with van der Waals surface area (Å²) in [6, 6.07) is 10.4. The second kappa shape index (κ2) is 8.44. The molecule has 0 aliphatic carbocycles. The number of piperazine rings is 1. The van der Waals surface area contributed by atoms with Crippen LogP contribution >= 0.6 is 0 Å². The minimum absolute atomic E-state index is 0.0141. The van der Waals surface area contributed by atoms with E-state index in [0.29, 0.717) is 24.4 Å². The molecule has 1 aliphatic rings. The van der Waals surface area contributed by atoms with E-state index in [1.54, 1.807) is 36.7 Å². The Hall–Kier alpha value is -2.93. The van der Waals surface area contributed by atoms with Gasteiger partial charge in [-0.2, -0.15) is 0 Å². The van der Waals surface area contributed by atoms with Gasteiger partial charge < -0.3 is 20.7 Å². The maximum Gasteiger partial charge on any atom is 0.248 e. The minimum Gasteiger partial charge on any atom is -0.493 e. The standard InChI is InChI=1S/C19H22N4O3/c20-19(25)14-3-5-16(6-4-14)26-11-7-18(24)23-10-9-22-13-17(23)15-2-1-8-21-12-15/h1-6,8,12,17,22H,7,9-11,13H2,(H2,20,25). The van der Waals surface area contributed by atoms with Crippen LogP contribution in [0.2, 0.25) is 0 Å². The van der Waals surface area contributed by atoms with Crippen LogP contribution in [0.5, 0.6) is 5.75 Å². The summed E-state index contributed by atoms with van der Waals surface area (Å²) in [5.74, 6) is 0.174. The number of hydrogen-bond acceptors (Lipinski definition) is 5. The second-order valence-electron chi connectivity index (χ2n) is 6.08. The molecule has 26 heavy (non-hydrogen) atoms. The van der Waals surface area contributed by atoms with Gasteiger partial charge in [-0.15, -0.1) is 0 Å². The molecule has 0 saturated carbocycles. The number of benzene rings is 1. The molecule has 1 fully saturated rings. The lowest BCUT2D eigenvalue weighted by atomic mass is 10.0. The minimum atomic E-state index is -0.480. The summed E-state index contributed by atoms with van der Waals surface area (Å²) < 4.78 is 5.62. The number of rotatable bonds is 6. The molecule has 1 atom stereocenters. The lowest BCUT2D eigenvalue weighted by Crippen LogP contribution is -2.49. The van der Waals surface area contributed by atoms with Crippen LogP contribution in [0, 0.1) is 0 Å². The van der Waals surface area contributed by atoms with Crippen LogP contribution in [0.25, 0.3) is 0 Å². The van der Waals surface area contributed by atoms with Gasteiger partial charge >= 0.3 is 0 Å². The molecule has 7 nitrogen and oxygen atoms in total. The van der Waals surface area contributed by atoms with E-state index < -0.39 is 5.91 Å². The fraction of sp³-hybridized carbons (Fsp3) is 0.316. The van der Waals surface area contributed by atoms with Gasteiger partial charge in [-0.25, -0.2) is 0 Å². The molecule has 1 aromatic heterocycles. The number of amides is 2. The molecule has 2 aromatic rings. The van der Waals surface area contributed by atoms with Crippen LogP contribution in [0.15, 0.2) is 48.8 Å². The van der Waals surface area contributed by atoms with E-state index in [1.165, 1.54) is 0 Å². The van der Waals surface area contributed by atoms with E-state index >= 15 is 0 Å². The predicted octanol–water partition coefficient (Wildman–Crippen LogP) is 1.12. The average molecular weight is 354 g/mol. The van der Waals surface area contributed by atoms with E-state index in [9.17, 15) is 9.59 Å². The molecule has 3 rings (SSSR count). The lowest BCUT2D eigenvalue weighted by Gasteiger charge is -2.36. The van der Waals surface area contributed by atoms with Crippen molar-refractivity contribution in [2.24, 2.45) is 5.73 Å². The number of pyridine rings is 1. The fourth-order valence-corrected chi connectivity index (χ4v) is 2.99. The number of carbonyl (C=O) groups is 2. The van der Waals surface area contributed by atoms with Crippen LogP contribution in [0.4, 0.5) is 0 Å². The molecule has 136 valence electrons. The summed E-state index contributed by atoms with van der Waals surface area (Å²) in [7, 11) is 0. The largest absolute Gasteiger partial charge is 0.493 e. The van der Waals surface area contributed by atoms with Crippen LogP contribution < -0.4 is 15.8 Å². The van der Waals surface area contributed by atoms with E-state index in [2.05, 4.69) is 10.3 Å². The highest BCUT2D eigenvalue weighted by atomic mass is 16.5. The number of hydrogen-bond donors (Lipinski definition) is 2. The summed E-state index contributed by atoms with van der Waals surface area (Å²) in [5, 5.41) is 3.32. The van der Waals surface area contributed by atoms with Crippen molar-refractivity contribution >= 4 is 11.8 Å². The highest BCUT2D eigenvalue weighted by molar-refractivity contribution is 5.92. The Morgan fingerprint density at radius 2 is 2.08 bits per heavy atom. The molecule has 7 heteroatoms. The van der Waals surface area contributed by atoms with Crippen molar-refractivity contribution in [2.45, 2.75) is 12.5 Å². The Morgan fingerprint density at radius 3 is 2.77 bits per heavy atom. The quantitative estimate of drug-likeness (QED) is 0.810. The Balaban J connectivity index is 1.55. The van der Waals surface area contributed by atoms with Gasteiger partial charge in [0.1, 0.15) is 5.75 Å². The molecule has 0 bridgehead atoms. The summed E-state index contributed by atoms with van der Waals surface area (Å²) in [6.45, 7) is 2.43. The molecule has 0 radical (unpaired) electrons. The summed E-state index contributed by atoms with van der Waals surface area (Å²) >= 11 is 0. The van der Waals surface area contributed by atoms with Crippen LogP contribution in [-0.2, 0) is 4.79 Å². The first-order valence-corrected chi connectivity index (χ1v) is 8.58. The van der Waals surface area contributed by atoms with Crippen molar-refractivity contribution in [2.75, 3.05) is 26.2 Å². The van der Waals surface area contributed by atoms with E-state index in [0.717, 1.165) is 12.1 Å². The number of nitrogens with two attached hydrogens (primary N) is 1. The van der Waals surface area contributed by atoms with Crippen molar-refractivity contribution in [3.8, 4) is 5.75 Å². The van der Waals surface area contributed by atoms with Crippen molar-refractivity contribution < 1.29 is 14.3 Å². The molecule has 3 N–H and O–H groups in total. The number of nitrogens with zero attached hydrogens (tertiary/aromatic N) is 2. The van der Waals surface area contributed by atoms with Gasteiger partial charge in [0.15, 0.2) is 0 Å². The van der Waals surface area contributed by atoms with E-state index in [1.807, 2.05) is 17.0 Å². The van der Waals surface area contributed by atoms with Crippen molar-refractivity contribution in [3.63, 3.8) is 0 Å². The SMILES string of the molecule is NC(=O)c1ccc(OCCC(=O)N2CCNCC2c2cccnc2)cc1. The number of nitrogens with one attached hydrogen (secondary N) is 1. The number of carbonyl (C=O) groups excluding carboxylic acids is 2. The fourth-order valence-electron chi connectivity index (χ4n) is 2.99. The maximum atomic E-state index is 12.7. The highest BCUT2D eigenvalue weighted by Gasteiger charge is 2.27. The van der Waals surface area contributed by atoms with Gasteiger partial charge in [0.2, 0.25) is 11.8 Å². The van der Waals surface area contributed by atoms with Crippen molar-refractivity contribution in [1.29, 1.82) is 0 Å². The molecule has 1 aromatic carbocycles. The average Bonchev–Trinajstić information content (AvgIpc) is 2.69. The van der Waals surface area contributed by atoms with Gasteiger partial charge in [-0.1, -0.05) is 6.07 Å². The molecule has 0 spiro atoms. The summed E-state index contributed by atoms with van der Waals surface area (Å²) in [6.07, 6.45) is 3.81. The van der Waals surface area contributed by atoms with Crippen molar-refractivity contribution in [1.82, 2.24) is 15.2 Å². The first-order chi connectivity index (χ1) is 12.6. The van der Waals surface area contributed by atoms with Crippen LogP contribution in [-0.4, -0.2) is 47.9 Å². The monoisotopic (exact) mass is 354 g/mol. The molecule has 1 saturated heterocycles. The Kier molecular flexibility index (Phi) is 5.80. The first-order valence-electron chi connectivity index (χ1n) is 8.58. The topological polar surface area (TPSA) is 97.6 Å². The highest BCUT2D eigenvalue weighted by Crippen LogP contribution is 2.22. The number of ether oxygens (including phenoxy) is 1. The summed E-state index contributed by atoms with van der Waals surface area (Å²) in [4.78, 5) is 29.7. The van der Waals surface area contributed by atoms with Crippen molar-refractivity contribution in [3.05, 3.63) is 59.9 Å². The second-order valence-corrected chi connectivity index (χ2v) is 6.08. The Bertz CT molecular complexity index is 749. The van der Waals surface area contributed by atoms with Gasteiger partial charge in [0.25, 0.3) is 0 Å². The number of aromatic nitrogens is 1. The lowest BCUT2D eigenvalue weighted by molar-refractivity contribution is -0.135. The number of primary amides is 1. The Labute approximate surface area is 152 Å². The Morgan fingerprint density at radius 1 is 1.27 bits per heavy atom. The van der Waals surface area contributed by atoms with Gasteiger partial charge in [0.05, 0.1) is 19.1 Å². The van der Waals surface area contributed by atoms with Crippen LogP contribution in [0.1, 0.15) is 28.4 Å². The summed E-state index contributed by atoms with van der Waals surface area (Å²) in [5.41, 5.74) is 6.66. The zero-order valence-electron chi connectivity index (χ0n) is 14.4. The molecule has 2 amide bonds. The third kappa shape index (κ3) is 4.37. The van der Waals surface area contributed by atoms with Crippen LogP contribution in [0.3, 0.4) is 0 Å². The smallest absolute Gasteiger partial charge is 0.248 e. The van der Waals surface area contributed by atoms with E-state index in [4.69, 9.17) is 10.5 Å². The molecule has 2 heterocycles. The van der Waals surface area contributed by atoms with Gasteiger partial charge in [-0.3, -0.25) is 14.6 Å². The molecular weight excluding hydrogens is 332 g/mol. The normalized spacial score (nSPS) is 16.9. The molecule has 1 unspecified atom stereocenters. The van der Waals surface area contributed by atoms with Gasteiger partial charge in [0, 0.05) is 37.6 Å². The zero-order valence-corrected chi connectivity index (χ0v) is 14.4. The van der Waals surface area contributed by atoms with E-state index in [-0.39, 0.29) is 25.0 Å². The molecule has 1 aliphatic heterocycles. The van der Waals surface area contributed by atoms with Gasteiger partial charge in [-0.05, 0) is 35.9 Å². The third-order valence-electron chi connectivity index (χ3n) is 4.36. The maximum absolute atomic E-state index is 12.7. The molecular formula is C19H22N4O3. The third-order valence-corrected chi connectivity index (χ3v) is 4.36. The predicted molar refractivity (Wildman–Crippen MR) is 96.6 cm³/mol. The first kappa shape index (κ1) is 17.9. The zero-order chi connectivity index (χ0) is 18.4.